The number of carbonyl (C=O) groups is 1. The van der Waals surface area contributed by atoms with Crippen LogP contribution in [0.5, 0.6) is 0 Å². The molecule has 1 fully saturated rings. The third-order valence-corrected chi connectivity index (χ3v) is 3.57. The van der Waals surface area contributed by atoms with E-state index in [1.807, 2.05) is 12.1 Å². The van der Waals surface area contributed by atoms with Crippen LogP contribution in [0, 0.1) is 0 Å². The largest absolute Gasteiger partial charge is 0.306 e. The average Bonchev–Trinajstić information content (AvgIpc) is 2.64. The molecular formula is C13H16ClNO. The van der Waals surface area contributed by atoms with Crippen molar-refractivity contribution in [2.24, 2.45) is 0 Å². The first-order valence-electron chi connectivity index (χ1n) is 5.57. The number of rotatable bonds is 2. The molecule has 1 aliphatic heterocycles. The zero-order valence-electron chi connectivity index (χ0n) is 9.66. The standard InChI is InChI=1S/C13H16ClNO/c1-9(16)10-3-4-12(13(14)7-10)11-5-6-15(2)8-11/h3-4,7,11H,5-6,8H2,1-2H3. The second-order valence-electron chi connectivity index (χ2n) is 4.54. The van der Waals surface area contributed by atoms with E-state index in [1.165, 1.54) is 5.56 Å². The van der Waals surface area contributed by atoms with Crippen molar-refractivity contribution in [2.75, 3.05) is 20.1 Å². The minimum atomic E-state index is 0.0667. The van der Waals surface area contributed by atoms with E-state index in [0.717, 1.165) is 24.5 Å². The van der Waals surface area contributed by atoms with E-state index in [9.17, 15) is 4.79 Å². The molecule has 0 amide bonds. The third kappa shape index (κ3) is 2.28. The molecular weight excluding hydrogens is 222 g/mol. The molecule has 1 saturated heterocycles. The maximum atomic E-state index is 11.2. The molecule has 2 rings (SSSR count). The molecule has 86 valence electrons. The first kappa shape index (κ1) is 11.6. The van der Waals surface area contributed by atoms with Gasteiger partial charge in [0.2, 0.25) is 0 Å². The Morgan fingerprint density at radius 1 is 1.50 bits per heavy atom. The summed E-state index contributed by atoms with van der Waals surface area (Å²) < 4.78 is 0. The van der Waals surface area contributed by atoms with Crippen molar-refractivity contribution in [3.8, 4) is 0 Å². The van der Waals surface area contributed by atoms with E-state index in [0.29, 0.717) is 11.5 Å². The SMILES string of the molecule is CC(=O)c1ccc(C2CCN(C)C2)c(Cl)c1. The molecule has 0 aliphatic carbocycles. The number of carbonyl (C=O) groups excluding carboxylic acids is 1. The van der Waals surface area contributed by atoms with E-state index >= 15 is 0 Å². The Hall–Kier alpha value is -0.860. The van der Waals surface area contributed by atoms with E-state index in [2.05, 4.69) is 11.9 Å². The lowest BCUT2D eigenvalue weighted by molar-refractivity contribution is 0.101. The van der Waals surface area contributed by atoms with Crippen LogP contribution in [0.3, 0.4) is 0 Å². The van der Waals surface area contributed by atoms with Gasteiger partial charge in [0.05, 0.1) is 0 Å². The Morgan fingerprint density at radius 2 is 2.25 bits per heavy atom. The number of Topliss-reactive ketones (excluding diaryl/α,β-unsaturated/α-hetero) is 1. The zero-order chi connectivity index (χ0) is 11.7. The summed E-state index contributed by atoms with van der Waals surface area (Å²) in [6, 6.07) is 5.67. The van der Waals surface area contributed by atoms with Gasteiger partial charge in [-0.05, 0) is 44.5 Å². The van der Waals surface area contributed by atoms with E-state index in [1.54, 1.807) is 13.0 Å². The van der Waals surface area contributed by atoms with Crippen LogP contribution < -0.4 is 0 Å². The van der Waals surface area contributed by atoms with Gasteiger partial charge in [-0.3, -0.25) is 4.79 Å². The molecule has 16 heavy (non-hydrogen) atoms. The molecule has 1 unspecified atom stereocenters. The minimum Gasteiger partial charge on any atom is -0.306 e. The van der Waals surface area contributed by atoms with Gasteiger partial charge in [0.1, 0.15) is 0 Å². The van der Waals surface area contributed by atoms with Crippen molar-refractivity contribution in [1.82, 2.24) is 4.90 Å². The molecule has 0 spiro atoms. The number of benzene rings is 1. The lowest BCUT2D eigenvalue weighted by Gasteiger charge is -2.13. The molecule has 1 heterocycles. The molecule has 2 nitrogen and oxygen atoms in total. The Kier molecular flexibility index (Phi) is 3.31. The van der Waals surface area contributed by atoms with Crippen LogP contribution in [0.25, 0.3) is 0 Å². The minimum absolute atomic E-state index is 0.0667. The summed E-state index contributed by atoms with van der Waals surface area (Å²) in [4.78, 5) is 13.5. The average molecular weight is 238 g/mol. The van der Waals surface area contributed by atoms with Crippen LogP contribution >= 0.6 is 11.6 Å². The summed E-state index contributed by atoms with van der Waals surface area (Å²) in [6.07, 6.45) is 1.15. The zero-order valence-corrected chi connectivity index (χ0v) is 10.4. The third-order valence-electron chi connectivity index (χ3n) is 3.24. The van der Waals surface area contributed by atoms with Crippen molar-refractivity contribution in [3.05, 3.63) is 34.3 Å². The Bertz CT molecular complexity index is 416. The summed E-state index contributed by atoms with van der Waals surface area (Å²) in [5.74, 6) is 0.579. The molecule has 1 atom stereocenters. The first-order chi connectivity index (χ1) is 7.58. The number of likely N-dealkylation sites (N-methyl/N-ethyl adjacent to an activating group) is 1. The quantitative estimate of drug-likeness (QED) is 0.738. The highest BCUT2D eigenvalue weighted by atomic mass is 35.5. The molecule has 0 aromatic heterocycles. The first-order valence-corrected chi connectivity index (χ1v) is 5.94. The van der Waals surface area contributed by atoms with Gasteiger partial charge >= 0.3 is 0 Å². The highest BCUT2D eigenvalue weighted by Crippen LogP contribution is 2.32. The molecule has 0 saturated carbocycles. The number of ketones is 1. The monoisotopic (exact) mass is 237 g/mol. The highest BCUT2D eigenvalue weighted by Gasteiger charge is 2.23. The van der Waals surface area contributed by atoms with Crippen LogP contribution in [0.1, 0.15) is 35.2 Å². The lowest BCUT2D eigenvalue weighted by atomic mass is 9.96. The van der Waals surface area contributed by atoms with Gasteiger partial charge < -0.3 is 4.90 Å². The summed E-state index contributed by atoms with van der Waals surface area (Å²) in [5, 5.41) is 0.730. The highest BCUT2D eigenvalue weighted by molar-refractivity contribution is 6.31. The normalized spacial score (nSPS) is 21.3. The van der Waals surface area contributed by atoms with Crippen molar-refractivity contribution in [3.63, 3.8) is 0 Å². The van der Waals surface area contributed by atoms with Crippen LogP contribution in [-0.2, 0) is 0 Å². The van der Waals surface area contributed by atoms with Gasteiger partial charge in [0.25, 0.3) is 0 Å². The second kappa shape index (κ2) is 4.56. The van der Waals surface area contributed by atoms with Gasteiger partial charge in [-0.25, -0.2) is 0 Å². The number of nitrogens with zero attached hydrogens (tertiary/aromatic N) is 1. The number of likely N-dealkylation sites (tertiary alicyclic amines) is 1. The maximum Gasteiger partial charge on any atom is 0.159 e. The van der Waals surface area contributed by atoms with Gasteiger partial charge in [-0.2, -0.15) is 0 Å². The van der Waals surface area contributed by atoms with E-state index < -0.39 is 0 Å². The molecule has 0 bridgehead atoms. The molecule has 1 aliphatic rings. The van der Waals surface area contributed by atoms with Crippen LogP contribution in [-0.4, -0.2) is 30.8 Å². The van der Waals surface area contributed by atoms with Crippen LogP contribution in [0.4, 0.5) is 0 Å². The second-order valence-corrected chi connectivity index (χ2v) is 4.95. The Balaban J connectivity index is 2.26. The summed E-state index contributed by atoms with van der Waals surface area (Å²) >= 11 is 6.23. The van der Waals surface area contributed by atoms with Gasteiger partial charge in [0.15, 0.2) is 5.78 Å². The van der Waals surface area contributed by atoms with Crippen molar-refractivity contribution in [1.29, 1.82) is 0 Å². The van der Waals surface area contributed by atoms with Gasteiger partial charge in [0, 0.05) is 17.1 Å². The maximum absolute atomic E-state index is 11.2. The summed E-state index contributed by atoms with van der Waals surface area (Å²) in [5.41, 5.74) is 1.87. The van der Waals surface area contributed by atoms with E-state index in [-0.39, 0.29) is 5.78 Å². The molecule has 0 N–H and O–H groups in total. The predicted octanol–water partition coefficient (Wildman–Crippen LogP) is 2.96. The predicted molar refractivity (Wildman–Crippen MR) is 66.3 cm³/mol. The topological polar surface area (TPSA) is 20.3 Å². The number of halogens is 1. The van der Waals surface area contributed by atoms with Crippen molar-refractivity contribution < 1.29 is 4.79 Å². The summed E-state index contributed by atoms with van der Waals surface area (Å²) in [6.45, 7) is 3.74. The Labute approximate surface area is 101 Å². The fourth-order valence-corrected chi connectivity index (χ4v) is 2.60. The lowest BCUT2D eigenvalue weighted by Crippen LogP contribution is -2.13. The summed E-state index contributed by atoms with van der Waals surface area (Å²) in [7, 11) is 2.12. The van der Waals surface area contributed by atoms with Crippen LogP contribution in [0.2, 0.25) is 5.02 Å². The Morgan fingerprint density at radius 3 is 2.75 bits per heavy atom. The fourth-order valence-electron chi connectivity index (χ4n) is 2.27. The number of hydrogen-bond acceptors (Lipinski definition) is 2. The molecule has 1 aromatic carbocycles. The number of hydrogen-bond donors (Lipinski definition) is 0. The molecule has 0 radical (unpaired) electrons. The van der Waals surface area contributed by atoms with Crippen molar-refractivity contribution >= 4 is 17.4 Å². The molecule has 3 heteroatoms. The fraction of sp³-hybridized carbons (Fsp3) is 0.462. The van der Waals surface area contributed by atoms with Crippen molar-refractivity contribution in [2.45, 2.75) is 19.3 Å². The van der Waals surface area contributed by atoms with Gasteiger partial charge in [-0.15, -0.1) is 0 Å². The van der Waals surface area contributed by atoms with E-state index in [4.69, 9.17) is 11.6 Å². The van der Waals surface area contributed by atoms with Crippen LogP contribution in [0.15, 0.2) is 18.2 Å². The smallest absolute Gasteiger partial charge is 0.159 e. The van der Waals surface area contributed by atoms with Gasteiger partial charge in [-0.1, -0.05) is 23.7 Å². The molecule has 1 aromatic rings.